The summed E-state index contributed by atoms with van der Waals surface area (Å²) in [6, 6.07) is 0. The van der Waals surface area contributed by atoms with E-state index in [1.54, 1.807) is 0 Å². The molecule has 1 spiro atoms. The van der Waals surface area contributed by atoms with Crippen molar-refractivity contribution >= 4 is 0 Å². The Balaban J connectivity index is 1.48. The van der Waals surface area contributed by atoms with Crippen molar-refractivity contribution in [2.45, 2.75) is 89.6 Å². The normalized spacial score (nSPS) is 55.8. The first-order valence-electron chi connectivity index (χ1n) is 11.0. The Bertz CT molecular complexity index is 558. The highest BCUT2D eigenvalue weighted by molar-refractivity contribution is 5.15. The molecule has 0 amide bonds. The molecule has 1 saturated heterocycles. The van der Waals surface area contributed by atoms with Gasteiger partial charge in [-0.15, -0.1) is 0 Å². The van der Waals surface area contributed by atoms with Crippen LogP contribution in [0.25, 0.3) is 0 Å². The van der Waals surface area contributed by atoms with E-state index in [1.807, 2.05) is 0 Å². The molecule has 0 bridgehead atoms. The molecule has 148 valence electrons. The molecule has 1 aliphatic heterocycles. The third kappa shape index (κ3) is 2.16. The van der Waals surface area contributed by atoms with E-state index in [4.69, 9.17) is 9.47 Å². The average Bonchev–Trinajstić information content (AvgIpc) is 2.91. The lowest BCUT2D eigenvalue weighted by Crippen LogP contribution is -2.64. The van der Waals surface area contributed by atoms with Gasteiger partial charge in [-0.05, 0) is 80.5 Å². The Kier molecular flexibility index (Phi) is 4.08. The molecule has 4 saturated carbocycles. The van der Waals surface area contributed by atoms with Gasteiger partial charge in [0.05, 0.1) is 30.8 Å². The fourth-order valence-corrected chi connectivity index (χ4v) is 8.21. The molecule has 4 heteroatoms. The number of hydrogen-bond acceptors (Lipinski definition) is 4. The van der Waals surface area contributed by atoms with Crippen molar-refractivity contribution in [1.82, 2.24) is 0 Å². The number of ether oxygens (including phenoxy) is 2. The van der Waals surface area contributed by atoms with Gasteiger partial charge in [0.25, 0.3) is 0 Å². The van der Waals surface area contributed by atoms with Gasteiger partial charge in [-0.3, -0.25) is 0 Å². The van der Waals surface area contributed by atoms with Gasteiger partial charge in [0, 0.05) is 6.42 Å². The Morgan fingerprint density at radius 3 is 2.38 bits per heavy atom. The maximum Gasteiger partial charge on any atom is 0.176 e. The van der Waals surface area contributed by atoms with Crippen LogP contribution in [-0.4, -0.2) is 41.4 Å². The summed E-state index contributed by atoms with van der Waals surface area (Å²) in [5.74, 6) is 1.83. The molecule has 0 aromatic rings. The summed E-state index contributed by atoms with van der Waals surface area (Å²) >= 11 is 0. The zero-order valence-corrected chi connectivity index (χ0v) is 16.5. The van der Waals surface area contributed by atoms with E-state index in [2.05, 4.69) is 13.8 Å². The summed E-state index contributed by atoms with van der Waals surface area (Å²) in [5, 5.41) is 21.6. The first kappa shape index (κ1) is 17.9. The van der Waals surface area contributed by atoms with Crippen LogP contribution in [0.5, 0.6) is 0 Å². The third-order valence-corrected chi connectivity index (χ3v) is 9.74. The lowest BCUT2D eigenvalue weighted by Gasteiger charge is -2.63. The summed E-state index contributed by atoms with van der Waals surface area (Å²) in [6.07, 6.45) is 8.96. The van der Waals surface area contributed by atoms with E-state index in [9.17, 15) is 10.2 Å². The molecule has 1 heterocycles. The second-order valence-corrected chi connectivity index (χ2v) is 10.5. The van der Waals surface area contributed by atoms with Crippen LogP contribution in [0.15, 0.2) is 0 Å². The summed E-state index contributed by atoms with van der Waals surface area (Å²) < 4.78 is 12.6. The highest BCUT2D eigenvalue weighted by Crippen LogP contribution is 2.69. The Morgan fingerprint density at radius 1 is 0.846 bits per heavy atom. The minimum Gasteiger partial charge on any atom is -0.393 e. The Hall–Kier alpha value is -0.160. The van der Waals surface area contributed by atoms with E-state index in [1.165, 1.54) is 12.8 Å². The van der Waals surface area contributed by atoms with E-state index in [0.29, 0.717) is 23.7 Å². The molecular weight excluding hydrogens is 328 g/mol. The fraction of sp³-hybridized carbons (Fsp3) is 1.00. The summed E-state index contributed by atoms with van der Waals surface area (Å²) in [5.41, 5.74) is 0.0143. The van der Waals surface area contributed by atoms with Gasteiger partial charge >= 0.3 is 0 Å². The van der Waals surface area contributed by atoms with Crippen molar-refractivity contribution in [2.75, 3.05) is 13.2 Å². The maximum absolute atomic E-state index is 11.4. The molecule has 2 unspecified atom stereocenters. The molecule has 0 aromatic heterocycles. The SMILES string of the molecule is C[C@]12C(O)CC3[C@@H](CC[C@@H]4C[C@H](O)CC[C@]34C)[C@@H]1CCC21OCCCO1. The molecule has 26 heavy (non-hydrogen) atoms. The summed E-state index contributed by atoms with van der Waals surface area (Å²) in [4.78, 5) is 0. The van der Waals surface area contributed by atoms with E-state index in [0.717, 1.165) is 58.2 Å². The van der Waals surface area contributed by atoms with Crippen LogP contribution in [0.3, 0.4) is 0 Å². The first-order valence-corrected chi connectivity index (χ1v) is 11.0. The molecule has 5 rings (SSSR count). The standard InChI is InChI=1S/C22H36O4/c1-20-8-6-15(23)12-14(20)4-5-16-17-7-9-22(25-10-3-11-26-22)21(17,2)19(24)13-18(16)20/h14-19,23-24H,3-13H2,1-2H3/t14-,15-,16+,17+,18?,19?,20+,21-/m1/s1. The fourth-order valence-electron chi connectivity index (χ4n) is 8.21. The van der Waals surface area contributed by atoms with Crippen LogP contribution in [-0.2, 0) is 9.47 Å². The minimum absolute atomic E-state index is 0.109. The monoisotopic (exact) mass is 364 g/mol. The molecule has 2 N–H and O–H groups in total. The lowest BCUT2D eigenvalue weighted by atomic mass is 9.44. The summed E-state index contributed by atoms with van der Waals surface area (Å²) in [6.45, 7) is 6.26. The molecule has 8 atom stereocenters. The lowest BCUT2D eigenvalue weighted by molar-refractivity contribution is -0.343. The molecule has 5 aliphatic rings. The number of rotatable bonds is 0. The van der Waals surface area contributed by atoms with E-state index in [-0.39, 0.29) is 23.0 Å². The second-order valence-electron chi connectivity index (χ2n) is 10.5. The van der Waals surface area contributed by atoms with Crippen LogP contribution in [0.4, 0.5) is 0 Å². The van der Waals surface area contributed by atoms with Gasteiger partial charge in [-0.1, -0.05) is 13.8 Å². The van der Waals surface area contributed by atoms with Crippen LogP contribution < -0.4 is 0 Å². The largest absolute Gasteiger partial charge is 0.393 e. The van der Waals surface area contributed by atoms with Gasteiger partial charge in [0.15, 0.2) is 5.79 Å². The second kappa shape index (κ2) is 5.92. The zero-order chi connectivity index (χ0) is 18.2. The van der Waals surface area contributed by atoms with Gasteiger partial charge in [0.1, 0.15) is 0 Å². The van der Waals surface area contributed by atoms with E-state index < -0.39 is 5.79 Å². The number of aliphatic hydroxyl groups excluding tert-OH is 2. The number of aliphatic hydroxyl groups is 2. The van der Waals surface area contributed by atoms with E-state index >= 15 is 0 Å². The van der Waals surface area contributed by atoms with Crippen molar-refractivity contribution in [3.63, 3.8) is 0 Å². The van der Waals surface area contributed by atoms with Crippen LogP contribution in [0.1, 0.15) is 71.6 Å². The zero-order valence-electron chi connectivity index (χ0n) is 16.5. The predicted molar refractivity (Wildman–Crippen MR) is 98.4 cm³/mol. The maximum atomic E-state index is 11.4. The van der Waals surface area contributed by atoms with Crippen molar-refractivity contribution in [1.29, 1.82) is 0 Å². The summed E-state index contributed by atoms with van der Waals surface area (Å²) in [7, 11) is 0. The van der Waals surface area contributed by atoms with Crippen molar-refractivity contribution < 1.29 is 19.7 Å². The van der Waals surface area contributed by atoms with Crippen molar-refractivity contribution in [2.24, 2.45) is 34.5 Å². The average molecular weight is 365 g/mol. The van der Waals surface area contributed by atoms with Crippen LogP contribution >= 0.6 is 0 Å². The predicted octanol–water partition coefficient (Wildman–Crippen LogP) is 3.49. The minimum atomic E-state index is -0.555. The molecule has 4 nitrogen and oxygen atoms in total. The quantitative estimate of drug-likeness (QED) is 0.691. The van der Waals surface area contributed by atoms with Gasteiger partial charge in [-0.2, -0.15) is 0 Å². The molecule has 0 aromatic carbocycles. The molecule has 5 fully saturated rings. The molecule has 0 radical (unpaired) electrons. The van der Waals surface area contributed by atoms with Gasteiger partial charge in [0.2, 0.25) is 0 Å². The number of fused-ring (bicyclic) bond motifs is 6. The van der Waals surface area contributed by atoms with Crippen LogP contribution in [0, 0.1) is 34.5 Å². The highest BCUT2D eigenvalue weighted by Gasteiger charge is 2.70. The van der Waals surface area contributed by atoms with Crippen molar-refractivity contribution in [3.05, 3.63) is 0 Å². The molecular formula is C22H36O4. The van der Waals surface area contributed by atoms with Crippen LogP contribution in [0.2, 0.25) is 0 Å². The van der Waals surface area contributed by atoms with Gasteiger partial charge in [-0.25, -0.2) is 0 Å². The molecule has 4 aliphatic carbocycles. The smallest absolute Gasteiger partial charge is 0.176 e. The topological polar surface area (TPSA) is 58.9 Å². The van der Waals surface area contributed by atoms with Gasteiger partial charge < -0.3 is 19.7 Å². The Morgan fingerprint density at radius 2 is 1.62 bits per heavy atom. The number of hydrogen-bond donors (Lipinski definition) is 2. The highest BCUT2D eigenvalue weighted by atomic mass is 16.7. The Labute approximate surface area is 157 Å². The third-order valence-electron chi connectivity index (χ3n) is 9.74. The first-order chi connectivity index (χ1) is 12.4. The van der Waals surface area contributed by atoms with Crippen molar-refractivity contribution in [3.8, 4) is 0 Å².